The lowest BCUT2D eigenvalue weighted by atomic mass is 9.94. The molecule has 0 saturated heterocycles. The van der Waals surface area contributed by atoms with E-state index in [9.17, 15) is 4.79 Å². The third-order valence-electron chi connectivity index (χ3n) is 2.94. The second-order valence-electron chi connectivity index (χ2n) is 4.60. The summed E-state index contributed by atoms with van der Waals surface area (Å²) in [6, 6.07) is 3.77. The molecular weight excluding hydrogens is 214 g/mol. The van der Waals surface area contributed by atoms with Crippen LogP contribution in [0.2, 0.25) is 0 Å². The minimum Gasteiger partial charge on any atom is -0.349 e. The maximum atomic E-state index is 12.0. The first-order valence-electron chi connectivity index (χ1n) is 5.96. The Morgan fingerprint density at radius 1 is 1.47 bits per heavy atom. The highest BCUT2D eigenvalue weighted by Crippen LogP contribution is 2.14. The van der Waals surface area contributed by atoms with E-state index in [1.54, 1.807) is 12.4 Å². The van der Waals surface area contributed by atoms with Gasteiger partial charge in [0.15, 0.2) is 0 Å². The van der Waals surface area contributed by atoms with E-state index in [0.717, 1.165) is 5.56 Å². The van der Waals surface area contributed by atoms with Crippen molar-refractivity contribution >= 4 is 5.91 Å². The number of nitrogens with one attached hydrogen (secondary N) is 1. The molecule has 0 aromatic carbocycles. The van der Waals surface area contributed by atoms with Crippen LogP contribution in [0.1, 0.15) is 32.4 Å². The van der Waals surface area contributed by atoms with E-state index in [4.69, 9.17) is 5.73 Å². The fourth-order valence-electron chi connectivity index (χ4n) is 1.72. The molecule has 0 fully saturated rings. The van der Waals surface area contributed by atoms with E-state index >= 15 is 0 Å². The molecule has 2 atom stereocenters. The molecule has 1 unspecified atom stereocenters. The summed E-state index contributed by atoms with van der Waals surface area (Å²) in [6.45, 7) is 6.34. The zero-order valence-electron chi connectivity index (χ0n) is 10.7. The Bertz CT molecular complexity index is 351. The SMILES string of the molecule is CC(C)C(CN)C(=O)N[C@H](C)c1cccnc1. The predicted molar refractivity (Wildman–Crippen MR) is 68.2 cm³/mol. The molecule has 0 aliphatic carbocycles. The van der Waals surface area contributed by atoms with Gasteiger partial charge >= 0.3 is 0 Å². The van der Waals surface area contributed by atoms with Gasteiger partial charge in [0.1, 0.15) is 0 Å². The molecule has 3 N–H and O–H groups in total. The molecule has 1 amide bonds. The standard InChI is InChI=1S/C13H21N3O/c1-9(2)12(7-14)13(17)16-10(3)11-5-4-6-15-8-11/h4-6,8-10,12H,7,14H2,1-3H3,(H,16,17)/t10-,12?/m1/s1. The van der Waals surface area contributed by atoms with Crippen molar-refractivity contribution in [3.63, 3.8) is 0 Å². The average Bonchev–Trinajstić information content (AvgIpc) is 2.30. The number of hydrogen-bond donors (Lipinski definition) is 2. The number of rotatable bonds is 5. The van der Waals surface area contributed by atoms with Gasteiger partial charge in [-0.25, -0.2) is 0 Å². The molecule has 0 aliphatic heterocycles. The highest BCUT2D eigenvalue weighted by atomic mass is 16.2. The number of nitrogens with zero attached hydrogens (tertiary/aromatic N) is 1. The number of carbonyl (C=O) groups is 1. The van der Waals surface area contributed by atoms with Crippen molar-refractivity contribution in [1.82, 2.24) is 10.3 Å². The van der Waals surface area contributed by atoms with Crippen LogP contribution in [0.5, 0.6) is 0 Å². The summed E-state index contributed by atoms with van der Waals surface area (Å²) in [5, 5.41) is 2.97. The van der Waals surface area contributed by atoms with Crippen LogP contribution < -0.4 is 11.1 Å². The summed E-state index contributed by atoms with van der Waals surface area (Å²) in [7, 11) is 0. The topological polar surface area (TPSA) is 68.0 Å². The lowest BCUT2D eigenvalue weighted by Crippen LogP contribution is -2.39. The van der Waals surface area contributed by atoms with Crippen molar-refractivity contribution in [2.75, 3.05) is 6.54 Å². The van der Waals surface area contributed by atoms with Gasteiger partial charge < -0.3 is 11.1 Å². The van der Waals surface area contributed by atoms with Crippen molar-refractivity contribution in [2.45, 2.75) is 26.8 Å². The van der Waals surface area contributed by atoms with Gasteiger partial charge in [-0.05, 0) is 24.5 Å². The third kappa shape index (κ3) is 3.82. The molecule has 1 rings (SSSR count). The van der Waals surface area contributed by atoms with Gasteiger partial charge in [0.05, 0.1) is 12.0 Å². The lowest BCUT2D eigenvalue weighted by molar-refractivity contribution is -0.126. The Kier molecular flexibility index (Phi) is 5.10. The van der Waals surface area contributed by atoms with E-state index < -0.39 is 0 Å². The molecule has 4 heteroatoms. The summed E-state index contributed by atoms with van der Waals surface area (Å²) in [5.74, 6) is 0.133. The molecule has 0 spiro atoms. The molecule has 0 aliphatic rings. The highest BCUT2D eigenvalue weighted by Gasteiger charge is 2.22. The monoisotopic (exact) mass is 235 g/mol. The quantitative estimate of drug-likeness (QED) is 0.812. The van der Waals surface area contributed by atoms with Crippen LogP contribution in [0, 0.1) is 11.8 Å². The zero-order chi connectivity index (χ0) is 12.8. The van der Waals surface area contributed by atoms with E-state index in [2.05, 4.69) is 10.3 Å². The molecular formula is C13H21N3O. The van der Waals surface area contributed by atoms with Crippen LogP contribution in [-0.4, -0.2) is 17.4 Å². The Hall–Kier alpha value is -1.42. The first-order valence-corrected chi connectivity index (χ1v) is 5.96. The van der Waals surface area contributed by atoms with Gasteiger partial charge in [-0.3, -0.25) is 9.78 Å². The second-order valence-corrected chi connectivity index (χ2v) is 4.60. The van der Waals surface area contributed by atoms with Gasteiger partial charge in [-0.1, -0.05) is 19.9 Å². The van der Waals surface area contributed by atoms with Crippen molar-refractivity contribution in [3.05, 3.63) is 30.1 Å². The van der Waals surface area contributed by atoms with Crippen molar-refractivity contribution in [3.8, 4) is 0 Å². The highest BCUT2D eigenvalue weighted by molar-refractivity contribution is 5.79. The second kappa shape index (κ2) is 6.35. The van der Waals surface area contributed by atoms with Gasteiger partial charge in [-0.15, -0.1) is 0 Å². The van der Waals surface area contributed by atoms with Gasteiger partial charge in [0.25, 0.3) is 0 Å². The summed E-state index contributed by atoms with van der Waals surface area (Å²) in [6.07, 6.45) is 3.48. The zero-order valence-corrected chi connectivity index (χ0v) is 10.7. The molecule has 1 aromatic rings. The predicted octanol–water partition coefficient (Wildman–Crippen LogP) is 1.49. The molecule has 17 heavy (non-hydrogen) atoms. The van der Waals surface area contributed by atoms with Crippen LogP contribution in [0.4, 0.5) is 0 Å². The van der Waals surface area contributed by atoms with Crippen LogP contribution in [0.25, 0.3) is 0 Å². The van der Waals surface area contributed by atoms with Crippen LogP contribution in [0.3, 0.4) is 0 Å². The van der Waals surface area contributed by atoms with Crippen molar-refractivity contribution < 1.29 is 4.79 Å². The van der Waals surface area contributed by atoms with Crippen LogP contribution >= 0.6 is 0 Å². The lowest BCUT2D eigenvalue weighted by Gasteiger charge is -2.21. The van der Waals surface area contributed by atoms with Gasteiger partial charge in [-0.2, -0.15) is 0 Å². The molecule has 94 valence electrons. The first-order chi connectivity index (χ1) is 8.06. The Balaban J connectivity index is 2.63. The fraction of sp³-hybridized carbons (Fsp3) is 0.538. The summed E-state index contributed by atoms with van der Waals surface area (Å²) in [5.41, 5.74) is 6.62. The minimum absolute atomic E-state index is 0.0128. The fourth-order valence-corrected chi connectivity index (χ4v) is 1.72. The largest absolute Gasteiger partial charge is 0.349 e. The normalized spacial score (nSPS) is 14.4. The number of hydrogen-bond acceptors (Lipinski definition) is 3. The smallest absolute Gasteiger partial charge is 0.225 e. The summed E-state index contributed by atoms with van der Waals surface area (Å²) >= 11 is 0. The van der Waals surface area contributed by atoms with E-state index in [-0.39, 0.29) is 23.8 Å². The summed E-state index contributed by atoms with van der Waals surface area (Å²) in [4.78, 5) is 16.0. The number of nitrogens with two attached hydrogens (primary N) is 1. The Morgan fingerprint density at radius 3 is 2.65 bits per heavy atom. The molecule has 0 radical (unpaired) electrons. The molecule has 0 saturated carbocycles. The molecule has 1 heterocycles. The van der Waals surface area contributed by atoms with E-state index in [1.807, 2.05) is 32.9 Å². The molecule has 0 bridgehead atoms. The number of carbonyl (C=O) groups excluding carboxylic acids is 1. The van der Waals surface area contributed by atoms with Crippen molar-refractivity contribution in [1.29, 1.82) is 0 Å². The average molecular weight is 235 g/mol. The van der Waals surface area contributed by atoms with Crippen LogP contribution in [0.15, 0.2) is 24.5 Å². The van der Waals surface area contributed by atoms with E-state index in [1.165, 1.54) is 0 Å². The number of amides is 1. The Morgan fingerprint density at radius 2 is 2.18 bits per heavy atom. The third-order valence-corrected chi connectivity index (χ3v) is 2.94. The molecule has 1 aromatic heterocycles. The maximum absolute atomic E-state index is 12.0. The van der Waals surface area contributed by atoms with Gasteiger partial charge in [0.2, 0.25) is 5.91 Å². The minimum atomic E-state index is -0.130. The number of pyridine rings is 1. The molecule has 4 nitrogen and oxygen atoms in total. The number of aromatic nitrogens is 1. The maximum Gasteiger partial charge on any atom is 0.225 e. The first kappa shape index (κ1) is 13.6. The van der Waals surface area contributed by atoms with Crippen molar-refractivity contribution in [2.24, 2.45) is 17.6 Å². The van der Waals surface area contributed by atoms with E-state index in [0.29, 0.717) is 6.54 Å². The summed E-state index contributed by atoms with van der Waals surface area (Å²) < 4.78 is 0. The van der Waals surface area contributed by atoms with Crippen LogP contribution in [-0.2, 0) is 4.79 Å². The Labute approximate surface area is 103 Å². The van der Waals surface area contributed by atoms with Gasteiger partial charge in [0, 0.05) is 18.9 Å².